The Labute approximate surface area is 159 Å². The summed E-state index contributed by atoms with van der Waals surface area (Å²) in [6.07, 6.45) is -4.38. The molecule has 2 atom stereocenters. The summed E-state index contributed by atoms with van der Waals surface area (Å²) in [5, 5.41) is 25.8. The lowest BCUT2D eigenvalue weighted by atomic mass is 10.0. The first-order valence-corrected chi connectivity index (χ1v) is 8.77. The Bertz CT molecular complexity index is 1040. The van der Waals surface area contributed by atoms with Gasteiger partial charge in [0.1, 0.15) is 5.69 Å². The van der Waals surface area contributed by atoms with E-state index < -0.39 is 11.7 Å². The molecule has 2 N–H and O–H groups in total. The number of nitrogens with one attached hydrogen (secondary N) is 2. The lowest BCUT2D eigenvalue weighted by Gasteiger charge is -2.17. The van der Waals surface area contributed by atoms with Crippen LogP contribution in [-0.4, -0.2) is 29.3 Å². The number of halogens is 3. The molecule has 2 heterocycles. The van der Waals surface area contributed by atoms with E-state index in [1.165, 1.54) is 12.1 Å². The van der Waals surface area contributed by atoms with Gasteiger partial charge >= 0.3 is 6.18 Å². The van der Waals surface area contributed by atoms with Crippen LogP contribution in [0.1, 0.15) is 5.56 Å². The quantitative estimate of drug-likeness (QED) is 0.719. The molecule has 1 fully saturated rings. The fourth-order valence-electron chi connectivity index (χ4n) is 3.38. The topological polar surface area (TPSA) is 73.6 Å². The minimum absolute atomic E-state index is 0.0837. The van der Waals surface area contributed by atoms with Gasteiger partial charge in [0.05, 0.1) is 23.6 Å². The fourth-order valence-corrected chi connectivity index (χ4v) is 3.38. The van der Waals surface area contributed by atoms with E-state index in [4.69, 9.17) is 0 Å². The number of hydrogen-bond acceptors (Lipinski definition) is 5. The molecule has 0 spiro atoms. The van der Waals surface area contributed by atoms with Gasteiger partial charge in [0.2, 0.25) is 0 Å². The number of alkyl halides is 3. The van der Waals surface area contributed by atoms with Crippen LogP contribution in [-0.2, 0) is 6.18 Å². The standard InChI is InChI=1S/C20H16F3N5/c21-20(22,23)14-7-5-12(6-8-14)18-15-3-1-2-4-16(15)19(28-27-18)26-17-11-25-10-13(17)9-24/h1-8,13,17,25H,10-11H2,(H,26,28)/t13-,17+/m0/s1. The molecule has 1 aliphatic rings. The number of hydrogen-bond donors (Lipinski definition) is 2. The average molecular weight is 383 g/mol. The molecule has 0 saturated carbocycles. The highest BCUT2D eigenvalue weighted by Gasteiger charge is 2.30. The maximum atomic E-state index is 12.8. The minimum Gasteiger partial charge on any atom is -0.363 e. The molecular weight excluding hydrogens is 367 g/mol. The number of benzene rings is 2. The summed E-state index contributed by atoms with van der Waals surface area (Å²) in [6.45, 7) is 1.26. The Kier molecular flexibility index (Phi) is 4.61. The van der Waals surface area contributed by atoms with Crippen LogP contribution in [0.4, 0.5) is 19.0 Å². The van der Waals surface area contributed by atoms with E-state index in [-0.39, 0.29) is 12.0 Å². The average Bonchev–Trinajstić information content (AvgIpc) is 3.15. The van der Waals surface area contributed by atoms with Crippen molar-refractivity contribution >= 4 is 16.6 Å². The third-order valence-corrected chi connectivity index (χ3v) is 4.88. The molecule has 28 heavy (non-hydrogen) atoms. The van der Waals surface area contributed by atoms with Crippen LogP contribution < -0.4 is 10.6 Å². The summed E-state index contributed by atoms with van der Waals surface area (Å²) in [5.74, 6) is 0.385. The molecule has 1 aromatic heterocycles. The van der Waals surface area contributed by atoms with Crippen LogP contribution in [0.2, 0.25) is 0 Å². The van der Waals surface area contributed by atoms with E-state index in [2.05, 4.69) is 26.9 Å². The molecule has 0 bridgehead atoms. The third-order valence-electron chi connectivity index (χ3n) is 4.88. The summed E-state index contributed by atoms with van der Waals surface area (Å²) in [6, 6.07) is 14.5. The van der Waals surface area contributed by atoms with Crippen LogP contribution in [0.3, 0.4) is 0 Å². The number of aromatic nitrogens is 2. The maximum absolute atomic E-state index is 12.8. The molecule has 3 aromatic rings. The van der Waals surface area contributed by atoms with Crippen LogP contribution in [0.15, 0.2) is 48.5 Å². The van der Waals surface area contributed by atoms with E-state index >= 15 is 0 Å². The van der Waals surface area contributed by atoms with Crippen molar-refractivity contribution in [3.63, 3.8) is 0 Å². The van der Waals surface area contributed by atoms with Crippen molar-refractivity contribution in [2.24, 2.45) is 5.92 Å². The van der Waals surface area contributed by atoms with E-state index in [0.717, 1.165) is 22.9 Å². The SMILES string of the molecule is N#C[C@H]1CNC[C@H]1Nc1nnc(-c2ccc(C(F)(F)F)cc2)c2ccccc12. The Hall–Kier alpha value is -3.18. The molecule has 0 unspecified atom stereocenters. The van der Waals surface area contributed by atoms with Gasteiger partial charge in [-0.2, -0.15) is 18.4 Å². The van der Waals surface area contributed by atoms with E-state index in [1.807, 2.05) is 24.3 Å². The van der Waals surface area contributed by atoms with Gasteiger partial charge in [-0.1, -0.05) is 36.4 Å². The zero-order valence-electron chi connectivity index (χ0n) is 14.7. The van der Waals surface area contributed by atoms with Crippen molar-refractivity contribution in [3.05, 3.63) is 54.1 Å². The van der Waals surface area contributed by atoms with Crippen LogP contribution in [0.25, 0.3) is 22.0 Å². The lowest BCUT2D eigenvalue weighted by Crippen LogP contribution is -2.28. The van der Waals surface area contributed by atoms with Crippen LogP contribution >= 0.6 is 0 Å². The number of rotatable bonds is 3. The highest BCUT2D eigenvalue weighted by atomic mass is 19.4. The van der Waals surface area contributed by atoms with Crippen LogP contribution in [0, 0.1) is 17.2 Å². The fraction of sp³-hybridized carbons (Fsp3) is 0.250. The van der Waals surface area contributed by atoms with E-state index in [1.54, 1.807) is 0 Å². The monoisotopic (exact) mass is 383 g/mol. The smallest absolute Gasteiger partial charge is 0.363 e. The molecule has 2 aromatic carbocycles. The van der Waals surface area contributed by atoms with Crippen molar-refractivity contribution < 1.29 is 13.2 Å². The Morgan fingerprint density at radius 3 is 2.39 bits per heavy atom. The number of fused-ring (bicyclic) bond motifs is 1. The zero-order chi connectivity index (χ0) is 19.7. The first-order chi connectivity index (χ1) is 13.5. The van der Waals surface area contributed by atoms with Gasteiger partial charge < -0.3 is 10.6 Å². The minimum atomic E-state index is -4.38. The molecule has 0 amide bonds. The normalized spacial score (nSPS) is 19.5. The molecule has 142 valence electrons. The summed E-state index contributed by atoms with van der Waals surface area (Å²) >= 11 is 0. The van der Waals surface area contributed by atoms with Crippen molar-refractivity contribution in [1.29, 1.82) is 5.26 Å². The van der Waals surface area contributed by atoms with Crippen LogP contribution in [0.5, 0.6) is 0 Å². The highest BCUT2D eigenvalue weighted by molar-refractivity contribution is 6.00. The predicted molar refractivity (Wildman–Crippen MR) is 99.4 cm³/mol. The Balaban J connectivity index is 1.73. The van der Waals surface area contributed by atoms with Crippen molar-refractivity contribution in [1.82, 2.24) is 15.5 Å². The van der Waals surface area contributed by atoms with E-state index in [9.17, 15) is 18.4 Å². The van der Waals surface area contributed by atoms with Gasteiger partial charge in [-0.15, -0.1) is 10.2 Å². The van der Waals surface area contributed by atoms with Gasteiger partial charge in [-0.05, 0) is 12.1 Å². The van der Waals surface area contributed by atoms with Crippen molar-refractivity contribution in [3.8, 4) is 17.3 Å². The molecular formula is C20H16F3N5. The zero-order valence-corrected chi connectivity index (χ0v) is 14.7. The first-order valence-electron chi connectivity index (χ1n) is 8.77. The first kappa shape index (κ1) is 18.2. The number of nitrogens with zero attached hydrogens (tertiary/aromatic N) is 3. The van der Waals surface area contributed by atoms with Gasteiger partial charge in [0.15, 0.2) is 5.82 Å². The number of anilines is 1. The largest absolute Gasteiger partial charge is 0.416 e. The molecule has 1 aliphatic heterocycles. The second kappa shape index (κ2) is 7.09. The molecule has 1 saturated heterocycles. The summed E-state index contributed by atoms with van der Waals surface area (Å²) in [7, 11) is 0. The Morgan fingerprint density at radius 2 is 1.71 bits per heavy atom. The predicted octanol–water partition coefficient (Wildman–Crippen LogP) is 3.84. The molecule has 0 aliphatic carbocycles. The summed E-state index contributed by atoms with van der Waals surface area (Å²) in [4.78, 5) is 0. The van der Waals surface area contributed by atoms with Gasteiger partial charge in [-0.25, -0.2) is 0 Å². The third kappa shape index (κ3) is 3.37. The molecule has 0 radical (unpaired) electrons. The van der Waals surface area contributed by atoms with E-state index in [0.29, 0.717) is 30.2 Å². The Morgan fingerprint density at radius 1 is 1.00 bits per heavy atom. The highest BCUT2D eigenvalue weighted by Crippen LogP contribution is 2.33. The van der Waals surface area contributed by atoms with Gasteiger partial charge in [0, 0.05) is 29.4 Å². The summed E-state index contributed by atoms with van der Waals surface area (Å²) in [5.41, 5.74) is 0.361. The molecule has 5 nitrogen and oxygen atoms in total. The maximum Gasteiger partial charge on any atom is 0.416 e. The molecule has 8 heteroatoms. The van der Waals surface area contributed by atoms with Gasteiger partial charge in [0.25, 0.3) is 0 Å². The second-order valence-electron chi connectivity index (χ2n) is 6.66. The summed E-state index contributed by atoms with van der Waals surface area (Å²) < 4.78 is 38.5. The molecule has 4 rings (SSSR count). The number of nitriles is 1. The van der Waals surface area contributed by atoms with Gasteiger partial charge in [-0.3, -0.25) is 0 Å². The second-order valence-corrected chi connectivity index (χ2v) is 6.66. The van der Waals surface area contributed by atoms with Crippen molar-refractivity contribution in [2.45, 2.75) is 12.2 Å². The lowest BCUT2D eigenvalue weighted by molar-refractivity contribution is -0.137. The van der Waals surface area contributed by atoms with Crippen molar-refractivity contribution in [2.75, 3.05) is 18.4 Å².